The van der Waals surface area contributed by atoms with Crippen molar-refractivity contribution in [2.24, 2.45) is 0 Å². The molecule has 0 spiro atoms. The van der Waals surface area contributed by atoms with Gasteiger partial charge in [0.2, 0.25) is 5.91 Å². The zero-order valence-corrected chi connectivity index (χ0v) is 13.7. The first-order valence-electron chi connectivity index (χ1n) is 6.74. The number of benzene rings is 2. The summed E-state index contributed by atoms with van der Waals surface area (Å²) in [7, 11) is 0. The molecule has 2 nitrogen and oxygen atoms in total. The number of amides is 1. The van der Waals surface area contributed by atoms with Gasteiger partial charge in [-0.25, -0.2) is 0 Å². The van der Waals surface area contributed by atoms with Crippen LogP contribution >= 0.6 is 23.4 Å². The SMILES string of the molecule is Cc1ccc(C)c(CSCC(=O)Nc2ccc(Cl)cc2)c1. The maximum absolute atomic E-state index is 11.9. The van der Waals surface area contributed by atoms with Crippen molar-refractivity contribution in [3.63, 3.8) is 0 Å². The molecule has 0 radical (unpaired) electrons. The second-order valence-corrected chi connectivity index (χ2v) is 6.40. The standard InChI is InChI=1S/C17H18ClNOS/c1-12-3-4-13(2)14(9-12)10-21-11-17(20)19-16-7-5-15(18)6-8-16/h3-9H,10-11H2,1-2H3,(H,19,20). The van der Waals surface area contributed by atoms with Gasteiger partial charge < -0.3 is 5.32 Å². The van der Waals surface area contributed by atoms with Gasteiger partial charge in [-0.2, -0.15) is 0 Å². The van der Waals surface area contributed by atoms with E-state index in [9.17, 15) is 4.79 Å². The van der Waals surface area contributed by atoms with E-state index < -0.39 is 0 Å². The van der Waals surface area contributed by atoms with E-state index in [-0.39, 0.29) is 5.91 Å². The van der Waals surface area contributed by atoms with Crippen LogP contribution < -0.4 is 5.32 Å². The summed E-state index contributed by atoms with van der Waals surface area (Å²) in [6.45, 7) is 4.18. The summed E-state index contributed by atoms with van der Waals surface area (Å²) in [4.78, 5) is 11.9. The molecule has 1 amide bonds. The Morgan fingerprint density at radius 1 is 1.14 bits per heavy atom. The minimum absolute atomic E-state index is 0.00706. The van der Waals surface area contributed by atoms with Crippen molar-refractivity contribution >= 4 is 35.0 Å². The average molecular weight is 320 g/mol. The van der Waals surface area contributed by atoms with Gasteiger partial charge in [-0.05, 0) is 49.2 Å². The molecular weight excluding hydrogens is 302 g/mol. The number of thioether (sulfide) groups is 1. The van der Waals surface area contributed by atoms with Crippen molar-refractivity contribution < 1.29 is 4.79 Å². The highest BCUT2D eigenvalue weighted by molar-refractivity contribution is 7.99. The number of halogens is 1. The van der Waals surface area contributed by atoms with Gasteiger partial charge in [-0.15, -0.1) is 11.8 Å². The van der Waals surface area contributed by atoms with E-state index in [1.54, 1.807) is 36.0 Å². The molecule has 2 rings (SSSR count). The number of rotatable bonds is 5. The average Bonchev–Trinajstić information content (AvgIpc) is 2.45. The lowest BCUT2D eigenvalue weighted by Gasteiger charge is -2.08. The molecule has 4 heteroatoms. The first-order chi connectivity index (χ1) is 10.0. The zero-order chi connectivity index (χ0) is 15.2. The minimum atomic E-state index is 0.00706. The molecule has 21 heavy (non-hydrogen) atoms. The van der Waals surface area contributed by atoms with Crippen molar-refractivity contribution in [2.45, 2.75) is 19.6 Å². The summed E-state index contributed by atoms with van der Waals surface area (Å²) < 4.78 is 0. The van der Waals surface area contributed by atoms with E-state index in [0.29, 0.717) is 10.8 Å². The number of hydrogen-bond acceptors (Lipinski definition) is 2. The number of nitrogens with one attached hydrogen (secondary N) is 1. The van der Waals surface area contributed by atoms with Crippen molar-refractivity contribution in [2.75, 3.05) is 11.1 Å². The van der Waals surface area contributed by atoms with Crippen molar-refractivity contribution in [3.05, 3.63) is 64.2 Å². The van der Waals surface area contributed by atoms with E-state index in [4.69, 9.17) is 11.6 Å². The fraction of sp³-hybridized carbons (Fsp3) is 0.235. The van der Waals surface area contributed by atoms with Crippen LogP contribution in [0.2, 0.25) is 5.02 Å². The summed E-state index contributed by atoms with van der Waals surface area (Å²) >= 11 is 7.43. The summed E-state index contributed by atoms with van der Waals surface area (Å²) in [5.74, 6) is 1.30. The van der Waals surface area contributed by atoms with E-state index in [1.165, 1.54) is 16.7 Å². The Balaban J connectivity index is 1.81. The van der Waals surface area contributed by atoms with E-state index in [2.05, 4.69) is 37.4 Å². The predicted octanol–water partition coefficient (Wildman–Crippen LogP) is 4.83. The molecule has 0 atom stereocenters. The molecule has 0 aliphatic heterocycles. The van der Waals surface area contributed by atoms with Gasteiger partial charge in [0.15, 0.2) is 0 Å². The second kappa shape index (κ2) is 7.53. The number of hydrogen-bond donors (Lipinski definition) is 1. The Morgan fingerprint density at radius 2 is 1.86 bits per heavy atom. The smallest absolute Gasteiger partial charge is 0.234 e. The Bertz CT molecular complexity index is 625. The fourth-order valence-corrected chi connectivity index (χ4v) is 2.96. The molecule has 0 aromatic heterocycles. The highest BCUT2D eigenvalue weighted by atomic mass is 35.5. The topological polar surface area (TPSA) is 29.1 Å². The lowest BCUT2D eigenvalue weighted by molar-refractivity contribution is -0.113. The quantitative estimate of drug-likeness (QED) is 0.855. The Labute approximate surface area is 134 Å². The molecule has 0 saturated heterocycles. The summed E-state index contributed by atoms with van der Waals surface area (Å²) in [6.07, 6.45) is 0. The first kappa shape index (κ1) is 15.9. The third-order valence-electron chi connectivity index (χ3n) is 3.12. The van der Waals surface area contributed by atoms with Gasteiger partial charge in [0.25, 0.3) is 0 Å². The van der Waals surface area contributed by atoms with E-state index in [1.807, 2.05) is 0 Å². The molecule has 0 aliphatic rings. The second-order valence-electron chi connectivity index (χ2n) is 4.98. The van der Waals surface area contributed by atoms with Crippen molar-refractivity contribution in [3.8, 4) is 0 Å². The van der Waals surface area contributed by atoms with Crippen molar-refractivity contribution in [1.82, 2.24) is 0 Å². The molecule has 2 aromatic carbocycles. The largest absolute Gasteiger partial charge is 0.325 e. The van der Waals surface area contributed by atoms with Crippen LogP contribution in [-0.4, -0.2) is 11.7 Å². The molecule has 0 aliphatic carbocycles. The van der Waals surface area contributed by atoms with E-state index >= 15 is 0 Å². The van der Waals surface area contributed by atoms with Crippen LogP contribution in [0.5, 0.6) is 0 Å². The molecule has 0 fully saturated rings. The molecule has 1 N–H and O–H groups in total. The van der Waals surface area contributed by atoms with Crippen LogP contribution in [0.1, 0.15) is 16.7 Å². The van der Waals surface area contributed by atoms with Crippen LogP contribution in [0.15, 0.2) is 42.5 Å². The van der Waals surface area contributed by atoms with Gasteiger partial charge in [0.1, 0.15) is 0 Å². The number of carbonyl (C=O) groups excluding carboxylic acids is 1. The highest BCUT2D eigenvalue weighted by Gasteiger charge is 2.04. The zero-order valence-electron chi connectivity index (χ0n) is 12.2. The van der Waals surface area contributed by atoms with Crippen LogP contribution in [0, 0.1) is 13.8 Å². The molecular formula is C17H18ClNOS. The van der Waals surface area contributed by atoms with Crippen molar-refractivity contribution in [1.29, 1.82) is 0 Å². The van der Waals surface area contributed by atoms with Crippen LogP contribution in [-0.2, 0) is 10.5 Å². The number of aryl methyl sites for hydroxylation is 2. The van der Waals surface area contributed by atoms with Crippen LogP contribution in [0.3, 0.4) is 0 Å². The molecule has 2 aromatic rings. The highest BCUT2D eigenvalue weighted by Crippen LogP contribution is 2.18. The fourth-order valence-electron chi connectivity index (χ4n) is 1.94. The van der Waals surface area contributed by atoms with Gasteiger partial charge in [-0.3, -0.25) is 4.79 Å². The summed E-state index contributed by atoms with van der Waals surface area (Å²) in [5.41, 5.74) is 4.59. The molecule has 110 valence electrons. The number of carbonyl (C=O) groups is 1. The monoisotopic (exact) mass is 319 g/mol. The van der Waals surface area contributed by atoms with Gasteiger partial charge in [0.05, 0.1) is 5.75 Å². The van der Waals surface area contributed by atoms with Gasteiger partial charge in [0, 0.05) is 16.5 Å². The lowest BCUT2D eigenvalue weighted by atomic mass is 10.1. The van der Waals surface area contributed by atoms with Gasteiger partial charge in [-0.1, -0.05) is 35.4 Å². The van der Waals surface area contributed by atoms with E-state index in [0.717, 1.165) is 11.4 Å². The van der Waals surface area contributed by atoms with Crippen LogP contribution in [0.4, 0.5) is 5.69 Å². The molecule has 0 bridgehead atoms. The van der Waals surface area contributed by atoms with Crippen LogP contribution in [0.25, 0.3) is 0 Å². The summed E-state index contributed by atoms with van der Waals surface area (Å²) in [6, 6.07) is 13.5. The first-order valence-corrected chi connectivity index (χ1v) is 8.27. The molecule has 0 heterocycles. The molecule has 0 saturated carbocycles. The predicted molar refractivity (Wildman–Crippen MR) is 92.2 cm³/mol. The maximum Gasteiger partial charge on any atom is 0.234 e. The Hall–Kier alpha value is -1.45. The third-order valence-corrected chi connectivity index (χ3v) is 4.36. The Morgan fingerprint density at radius 3 is 2.57 bits per heavy atom. The molecule has 0 unspecified atom stereocenters. The third kappa shape index (κ3) is 5.10. The lowest BCUT2D eigenvalue weighted by Crippen LogP contribution is -2.14. The van der Waals surface area contributed by atoms with Gasteiger partial charge >= 0.3 is 0 Å². The normalized spacial score (nSPS) is 10.4. The Kier molecular flexibility index (Phi) is 5.71. The number of anilines is 1. The maximum atomic E-state index is 11.9. The summed E-state index contributed by atoms with van der Waals surface area (Å²) in [5, 5.41) is 3.53. The minimum Gasteiger partial charge on any atom is -0.325 e.